The van der Waals surface area contributed by atoms with Gasteiger partial charge in [0.2, 0.25) is 0 Å². The first-order valence-electron chi connectivity index (χ1n) is 6.38. The van der Waals surface area contributed by atoms with E-state index in [-0.39, 0.29) is 6.54 Å². The van der Waals surface area contributed by atoms with E-state index in [1.807, 2.05) is 24.3 Å². The van der Waals surface area contributed by atoms with Crippen LogP contribution < -0.4 is 4.74 Å². The smallest absolute Gasteiger partial charge is 0.124 e. The molecule has 0 aliphatic rings. The maximum absolute atomic E-state index is 10.3. The number of rotatable bonds is 9. The molecule has 1 rings (SSSR count). The summed E-state index contributed by atoms with van der Waals surface area (Å²) in [7, 11) is 0. The Balaban J connectivity index is 2.28. The Hall–Kier alpha value is -1.38. The fourth-order valence-corrected chi connectivity index (χ4v) is 1.73. The van der Waals surface area contributed by atoms with Gasteiger partial charge in [-0.1, -0.05) is 56.0 Å². The van der Waals surface area contributed by atoms with E-state index >= 15 is 0 Å². The zero-order valence-corrected chi connectivity index (χ0v) is 10.5. The number of benzene rings is 1. The quantitative estimate of drug-likeness (QED) is 0.472. The summed E-state index contributed by atoms with van der Waals surface area (Å²) in [6, 6.07) is 7.59. The molecule has 0 aliphatic heterocycles. The zero-order valence-electron chi connectivity index (χ0n) is 10.5. The Labute approximate surface area is 103 Å². The normalized spacial score (nSPS) is 10.2. The molecule has 0 aromatic heterocycles. The van der Waals surface area contributed by atoms with Crippen LogP contribution in [0.2, 0.25) is 0 Å². The summed E-state index contributed by atoms with van der Waals surface area (Å²) in [5.41, 5.74) is 0.871. The highest BCUT2D eigenvalue weighted by Crippen LogP contribution is 2.19. The molecule has 1 aromatic rings. The Morgan fingerprint density at radius 3 is 2.65 bits per heavy atom. The summed E-state index contributed by atoms with van der Waals surface area (Å²) in [6.45, 7) is 3.12. The zero-order chi connectivity index (χ0) is 12.3. The number of para-hydroxylation sites is 1. The Kier molecular flexibility index (Phi) is 7.03. The SMILES string of the molecule is CCCCCCCOc1ccccc1CN=O. The third-order valence-electron chi connectivity index (χ3n) is 2.71. The van der Waals surface area contributed by atoms with Gasteiger partial charge in [0.1, 0.15) is 12.3 Å². The molecule has 0 bridgehead atoms. The van der Waals surface area contributed by atoms with E-state index in [1.165, 1.54) is 25.7 Å². The van der Waals surface area contributed by atoms with Crippen molar-refractivity contribution in [1.29, 1.82) is 0 Å². The van der Waals surface area contributed by atoms with Crippen LogP contribution in [0.25, 0.3) is 0 Å². The van der Waals surface area contributed by atoms with Crippen molar-refractivity contribution < 1.29 is 4.74 Å². The first-order valence-corrected chi connectivity index (χ1v) is 6.38. The number of hydrogen-bond acceptors (Lipinski definition) is 3. The van der Waals surface area contributed by atoms with Gasteiger partial charge in [-0.05, 0) is 12.5 Å². The molecule has 0 amide bonds. The molecule has 0 fully saturated rings. The summed E-state index contributed by atoms with van der Waals surface area (Å²) in [4.78, 5) is 10.3. The molecule has 0 heterocycles. The Bertz CT molecular complexity index is 326. The predicted octanol–water partition coefficient (Wildman–Crippen LogP) is 4.30. The molecule has 3 nitrogen and oxygen atoms in total. The van der Waals surface area contributed by atoms with Gasteiger partial charge in [-0.25, -0.2) is 0 Å². The molecule has 0 spiro atoms. The molecule has 0 unspecified atom stereocenters. The molecule has 3 heteroatoms. The molecule has 0 radical (unpaired) electrons. The van der Waals surface area contributed by atoms with Crippen molar-refractivity contribution >= 4 is 0 Å². The fraction of sp³-hybridized carbons (Fsp3) is 0.571. The van der Waals surface area contributed by atoms with Crippen LogP contribution in [0.4, 0.5) is 0 Å². The third-order valence-corrected chi connectivity index (χ3v) is 2.71. The highest BCUT2D eigenvalue weighted by Gasteiger charge is 2.02. The number of ether oxygens (including phenoxy) is 1. The van der Waals surface area contributed by atoms with Gasteiger partial charge >= 0.3 is 0 Å². The average molecular weight is 235 g/mol. The van der Waals surface area contributed by atoms with Gasteiger partial charge < -0.3 is 4.74 Å². The van der Waals surface area contributed by atoms with Gasteiger partial charge in [0.25, 0.3) is 0 Å². The Morgan fingerprint density at radius 2 is 1.88 bits per heavy atom. The molecular weight excluding hydrogens is 214 g/mol. The van der Waals surface area contributed by atoms with Gasteiger partial charge in [-0.3, -0.25) is 0 Å². The third kappa shape index (κ3) is 5.48. The summed E-state index contributed by atoms with van der Waals surface area (Å²) < 4.78 is 5.67. The maximum atomic E-state index is 10.3. The van der Waals surface area contributed by atoms with Crippen LogP contribution in [0.5, 0.6) is 5.75 Å². The van der Waals surface area contributed by atoms with Gasteiger partial charge in [0, 0.05) is 5.56 Å². The lowest BCUT2D eigenvalue weighted by atomic mass is 10.1. The molecule has 0 aliphatic carbocycles. The van der Waals surface area contributed by atoms with E-state index in [0.717, 1.165) is 24.3 Å². The molecule has 0 N–H and O–H groups in total. The molecule has 0 saturated carbocycles. The largest absolute Gasteiger partial charge is 0.493 e. The van der Waals surface area contributed by atoms with Crippen molar-refractivity contribution in [2.24, 2.45) is 5.18 Å². The molecule has 0 saturated heterocycles. The second-order valence-corrected chi connectivity index (χ2v) is 4.16. The number of unbranched alkanes of at least 4 members (excludes halogenated alkanes) is 4. The molecule has 17 heavy (non-hydrogen) atoms. The van der Waals surface area contributed by atoms with E-state index in [9.17, 15) is 4.91 Å². The lowest BCUT2D eigenvalue weighted by Crippen LogP contribution is -1.99. The second kappa shape index (κ2) is 8.74. The van der Waals surface area contributed by atoms with E-state index in [1.54, 1.807) is 0 Å². The molecule has 0 atom stereocenters. The van der Waals surface area contributed by atoms with Gasteiger partial charge in [-0.2, -0.15) is 4.91 Å². The minimum absolute atomic E-state index is 0.187. The summed E-state index contributed by atoms with van der Waals surface area (Å²) in [5, 5.41) is 2.91. The predicted molar refractivity (Wildman–Crippen MR) is 70.2 cm³/mol. The highest BCUT2D eigenvalue weighted by atomic mass is 16.5. The lowest BCUT2D eigenvalue weighted by molar-refractivity contribution is 0.301. The summed E-state index contributed by atoms with van der Waals surface area (Å²) in [5.74, 6) is 0.794. The van der Waals surface area contributed by atoms with Crippen LogP contribution in [-0.4, -0.2) is 6.61 Å². The molecule has 1 aromatic carbocycles. The van der Waals surface area contributed by atoms with E-state index < -0.39 is 0 Å². The van der Waals surface area contributed by atoms with Crippen molar-refractivity contribution in [1.82, 2.24) is 0 Å². The second-order valence-electron chi connectivity index (χ2n) is 4.16. The minimum atomic E-state index is 0.187. The van der Waals surface area contributed by atoms with Crippen LogP contribution in [0.3, 0.4) is 0 Å². The van der Waals surface area contributed by atoms with E-state index in [2.05, 4.69) is 12.1 Å². The molecular formula is C14H21NO2. The van der Waals surface area contributed by atoms with Crippen molar-refractivity contribution in [3.63, 3.8) is 0 Å². The lowest BCUT2D eigenvalue weighted by Gasteiger charge is -2.09. The topological polar surface area (TPSA) is 38.7 Å². The fourth-order valence-electron chi connectivity index (χ4n) is 1.73. The van der Waals surface area contributed by atoms with E-state index in [4.69, 9.17) is 4.74 Å². The summed E-state index contributed by atoms with van der Waals surface area (Å²) in [6.07, 6.45) is 6.11. The van der Waals surface area contributed by atoms with Crippen LogP contribution >= 0.6 is 0 Å². The summed E-state index contributed by atoms with van der Waals surface area (Å²) >= 11 is 0. The van der Waals surface area contributed by atoms with Crippen LogP contribution in [-0.2, 0) is 6.54 Å². The van der Waals surface area contributed by atoms with Crippen molar-refractivity contribution in [2.75, 3.05) is 6.61 Å². The first-order chi connectivity index (χ1) is 8.38. The molecule has 94 valence electrons. The minimum Gasteiger partial charge on any atom is -0.493 e. The van der Waals surface area contributed by atoms with E-state index in [0.29, 0.717) is 0 Å². The Morgan fingerprint density at radius 1 is 1.12 bits per heavy atom. The first kappa shape index (κ1) is 13.7. The number of nitrogens with zero attached hydrogens (tertiary/aromatic N) is 1. The average Bonchev–Trinajstić information content (AvgIpc) is 2.36. The van der Waals surface area contributed by atoms with Gasteiger partial charge in [0.05, 0.1) is 6.61 Å². The highest BCUT2D eigenvalue weighted by molar-refractivity contribution is 5.33. The van der Waals surface area contributed by atoms with Gasteiger partial charge in [0.15, 0.2) is 0 Å². The van der Waals surface area contributed by atoms with Crippen LogP contribution in [0, 0.1) is 4.91 Å². The number of hydrogen-bond donors (Lipinski definition) is 0. The number of nitroso groups, excluding NO2 is 1. The monoisotopic (exact) mass is 235 g/mol. The van der Waals surface area contributed by atoms with Crippen molar-refractivity contribution in [3.8, 4) is 5.75 Å². The van der Waals surface area contributed by atoms with Crippen LogP contribution in [0.1, 0.15) is 44.6 Å². The van der Waals surface area contributed by atoms with Crippen molar-refractivity contribution in [3.05, 3.63) is 34.7 Å². The standard InChI is InChI=1S/C14H21NO2/c1-2-3-4-5-8-11-17-14-10-7-6-9-13(14)12-15-16/h6-7,9-10H,2-5,8,11-12H2,1H3. The maximum Gasteiger partial charge on any atom is 0.124 e. The van der Waals surface area contributed by atoms with Crippen LogP contribution in [0.15, 0.2) is 29.4 Å². The van der Waals surface area contributed by atoms with Crippen molar-refractivity contribution in [2.45, 2.75) is 45.6 Å². The van der Waals surface area contributed by atoms with Gasteiger partial charge in [-0.15, -0.1) is 0 Å².